The zero-order chi connectivity index (χ0) is 12.1. The van der Waals surface area contributed by atoms with Crippen LogP contribution in [0.2, 0.25) is 0 Å². The minimum atomic E-state index is 0.344. The summed E-state index contributed by atoms with van der Waals surface area (Å²) in [7, 11) is 0. The Morgan fingerprint density at radius 2 is 1.94 bits per heavy atom. The second kappa shape index (κ2) is 6.04. The highest BCUT2D eigenvalue weighted by Gasteiger charge is 2.18. The lowest BCUT2D eigenvalue weighted by Gasteiger charge is -2.07. The second-order valence-electron chi connectivity index (χ2n) is 5.13. The van der Waals surface area contributed by atoms with Gasteiger partial charge in [0.2, 0.25) is 0 Å². The van der Waals surface area contributed by atoms with Gasteiger partial charge in [-0.05, 0) is 24.8 Å². The maximum atomic E-state index is 11.7. The number of fused-ring (bicyclic) bond motifs is 1. The van der Waals surface area contributed by atoms with Crippen molar-refractivity contribution in [2.75, 3.05) is 0 Å². The molecule has 94 valence electrons. The number of carbonyl (C=O) groups excluding carboxylic acids is 1. The van der Waals surface area contributed by atoms with Crippen LogP contribution in [0.5, 0.6) is 0 Å². The topological polar surface area (TPSA) is 22.0 Å². The summed E-state index contributed by atoms with van der Waals surface area (Å²) in [5.41, 5.74) is 2.26. The zero-order valence-corrected chi connectivity index (χ0v) is 10.9. The molecule has 0 N–H and O–H groups in total. The Morgan fingerprint density at radius 1 is 1.12 bits per heavy atom. The molecule has 0 unspecified atom stereocenters. The number of nitrogens with zero attached hydrogens (tertiary/aromatic N) is 1. The normalized spacial score (nSPS) is 15.0. The molecule has 1 aliphatic rings. The van der Waals surface area contributed by atoms with Gasteiger partial charge in [-0.15, -0.1) is 0 Å². The first-order valence-electron chi connectivity index (χ1n) is 7.03. The molecule has 0 aliphatic heterocycles. The van der Waals surface area contributed by atoms with Gasteiger partial charge in [-0.25, -0.2) is 0 Å². The van der Waals surface area contributed by atoms with E-state index in [4.69, 9.17) is 0 Å². The minimum absolute atomic E-state index is 0.344. The van der Waals surface area contributed by atoms with Crippen LogP contribution in [0.4, 0.5) is 0 Å². The Bertz CT molecular complexity index is 378. The Morgan fingerprint density at radius 3 is 2.71 bits per heavy atom. The van der Waals surface area contributed by atoms with Gasteiger partial charge in [0.25, 0.3) is 0 Å². The number of rotatable bonds is 6. The summed E-state index contributed by atoms with van der Waals surface area (Å²) >= 11 is 0. The van der Waals surface area contributed by atoms with Crippen molar-refractivity contribution in [1.82, 2.24) is 4.57 Å². The lowest BCUT2D eigenvalue weighted by Crippen LogP contribution is -2.07. The molecule has 0 aromatic carbocycles. The van der Waals surface area contributed by atoms with E-state index in [2.05, 4.69) is 23.9 Å². The average molecular weight is 233 g/mol. The number of aryl methyl sites for hydroxylation is 2. The SMILES string of the molecule is CCCCCCCn1cc2c(c1)C(=O)CCC2. The minimum Gasteiger partial charge on any atom is -0.353 e. The summed E-state index contributed by atoms with van der Waals surface area (Å²) in [4.78, 5) is 11.7. The summed E-state index contributed by atoms with van der Waals surface area (Å²) in [6, 6.07) is 0. The largest absolute Gasteiger partial charge is 0.353 e. The third-order valence-electron chi connectivity index (χ3n) is 3.63. The molecule has 1 aromatic heterocycles. The quantitative estimate of drug-likeness (QED) is 0.681. The van der Waals surface area contributed by atoms with Crippen molar-refractivity contribution >= 4 is 5.78 Å². The third kappa shape index (κ3) is 3.21. The van der Waals surface area contributed by atoms with E-state index >= 15 is 0 Å². The molecule has 0 saturated carbocycles. The van der Waals surface area contributed by atoms with Crippen LogP contribution in [0.3, 0.4) is 0 Å². The molecule has 2 rings (SSSR count). The first kappa shape index (κ1) is 12.4. The van der Waals surface area contributed by atoms with E-state index < -0.39 is 0 Å². The van der Waals surface area contributed by atoms with Gasteiger partial charge in [0.05, 0.1) is 0 Å². The van der Waals surface area contributed by atoms with Crippen LogP contribution in [-0.4, -0.2) is 10.4 Å². The van der Waals surface area contributed by atoms with Crippen LogP contribution in [0, 0.1) is 0 Å². The first-order valence-corrected chi connectivity index (χ1v) is 7.03. The predicted octanol–water partition coefficient (Wildman–Crippen LogP) is 3.98. The molecule has 0 fully saturated rings. The molecule has 1 heterocycles. The number of unbranched alkanes of at least 4 members (excludes halogenated alkanes) is 4. The third-order valence-corrected chi connectivity index (χ3v) is 3.63. The average Bonchev–Trinajstić information content (AvgIpc) is 2.73. The highest BCUT2D eigenvalue weighted by atomic mass is 16.1. The summed E-state index contributed by atoms with van der Waals surface area (Å²) in [5.74, 6) is 0.344. The number of ketones is 1. The van der Waals surface area contributed by atoms with Crippen LogP contribution < -0.4 is 0 Å². The highest BCUT2D eigenvalue weighted by Crippen LogP contribution is 2.22. The van der Waals surface area contributed by atoms with E-state index in [0.29, 0.717) is 5.78 Å². The van der Waals surface area contributed by atoms with Gasteiger partial charge in [0.1, 0.15) is 0 Å². The standard InChI is InChI=1S/C15H23NO/c1-2-3-4-5-6-10-16-11-13-8-7-9-15(17)14(13)12-16/h11-12H,2-10H2,1H3. The van der Waals surface area contributed by atoms with E-state index in [9.17, 15) is 4.79 Å². The summed E-state index contributed by atoms with van der Waals surface area (Å²) in [6.45, 7) is 3.32. The van der Waals surface area contributed by atoms with Gasteiger partial charge < -0.3 is 4.57 Å². The van der Waals surface area contributed by atoms with E-state index in [1.807, 2.05) is 0 Å². The van der Waals surface area contributed by atoms with Crippen molar-refractivity contribution in [2.24, 2.45) is 0 Å². The van der Waals surface area contributed by atoms with Crippen LogP contribution >= 0.6 is 0 Å². The second-order valence-corrected chi connectivity index (χ2v) is 5.13. The van der Waals surface area contributed by atoms with Gasteiger partial charge in [0, 0.05) is 30.9 Å². The molecule has 0 amide bonds. The molecule has 17 heavy (non-hydrogen) atoms. The monoisotopic (exact) mass is 233 g/mol. The Balaban J connectivity index is 1.83. The van der Waals surface area contributed by atoms with E-state index in [0.717, 1.165) is 31.4 Å². The maximum Gasteiger partial charge on any atom is 0.164 e. The predicted molar refractivity (Wildman–Crippen MR) is 70.5 cm³/mol. The van der Waals surface area contributed by atoms with E-state index in [-0.39, 0.29) is 0 Å². The summed E-state index contributed by atoms with van der Waals surface area (Å²) in [6.07, 6.45) is 13.7. The molecule has 0 saturated heterocycles. The van der Waals surface area contributed by atoms with E-state index in [1.54, 1.807) is 0 Å². The fraction of sp³-hybridized carbons (Fsp3) is 0.667. The van der Waals surface area contributed by atoms with Gasteiger partial charge in [0.15, 0.2) is 5.78 Å². The van der Waals surface area contributed by atoms with E-state index in [1.165, 1.54) is 37.7 Å². The molecular weight excluding hydrogens is 210 g/mol. The van der Waals surface area contributed by atoms with Crippen molar-refractivity contribution in [3.05, 3.63) is 23.5 Å². The summed E-state index contributed by atoms with van der Waals surface area (Å²) < 4.78 is 2.22. The van der Waals surface area contributed by atoms with Crippen LogP contribution in [-0.2, 0) is 13.0 Å². The Labute approximate surface area is 104 Å². The lowest BCUT2D eigenvalue weighted by atomic mass is 9.95. The molecule has 0 atom stereocenters. The smallest absolute Gasteiger partial charge is 0.164 e. The zero-order valence-electron chi connectivity index (χ0n) is 10.9. The molecule has 1 aromatic rings. The maximum absolute atomic E-state index is 11.7. The molecule has 0 bridgehead atoms. The molecule has 2 heteroatoms. The van der Waals surface area contributed by atoms with Crippen LogP contribution in [0.25, 0.3) is 0 Å². The Kier molecular flexibility index (Phi) is 4.41. The number of hydrogen-bond acceptors (Lipinski definition) is 1. The molecule has 2 nitrogen and oxygen atoms in total. The Hall–Kier alpha value is -1.05. The molecule has 0 spiro atoms. The van der Waals surface area contributed by atoms with Gasteiger partial charge in [-0.3, -0.25) is 4.79 Å². The van der Waals surface area contributed by atoms with Gasteiger partial charge >= 0.3 is 0 Å². The highest BCUT2D eigenvalue weighted by molar-refractivity contribution is 5.98. The number of hydrogen-bond donors (Lipinski definition) is 0. The van der Waals surface area contributed by atoms with Crippen molar-refractivity contribution in [3.63, 3.8) is 0 Å². The van der Waals surface area contributed by atoms with Gasteiger partial charge in [-0.1, -0.05) is 32.6 Å². The molecular formula is C15H23NO. The number of aromatic nitrogens is 1. The van der Waals surface area contributed by atoms with Crippen molar-refractivity contribution in [3.8, 4) is 0 Å². The lowest BCUT2D eigenvalue weighted by molar-refractivity contribution is 0.0973. The fourth-order valence-electron chi connectivity index (χ4n) is 2.61. The van der Waals surface area contributed by atoms with Crippen LogP contribution in [0.1, 0.15) is 67.8 Å². The van der Waals surface area contributed by atoms with Crippen molar-refractivity contribution < 1.29 is 4.79 Å². The fourth-order valence-corrected chi connectivity index (χ4v) is 2.61. The van der Waals surface area contributed by atoms with Crippen LogP contribution in [0.15, 0.2) is 12.4 Å². The summed E-state index contributed by atoms with van der Waals surface area (Å²) in [5, 5.41) is 0. The van der Waals surface area contributed by atoms with Crippen molar-refractivity contribution in [1.29, 1.82) is 0 Å². The van der Waals surface area contributed by atoms with Gasteiger partial charge in [-0.2, -0.15) is 0 Å². The number of Topliss-reactive ketones (excluding diaryl/α,β-unsaturated/α-hetero) is 1. The number of carbonyl (C=O) groups is 1. The first-order chi connectivity index (χ1) is 8.31. The van der Waals surface area contributed by atoms with Crippen molar-refractivity contribution in [2.45, 2.75) is 64.8 Å². The molecule has 0 radical (unpaired) electrons. The molecule has 1 aliphatic carbocycles.